The Morgan fingerprint density at radius 1 is 1.39 bits per heavy atom. The summed E-state index contributed by atoms with van der Waals surface area (Å²) in [5.41, 5.74) is 5.44. The van der Waals surface area contributed by atoms with Crippen LogP contribution in [0.15, 0.2) is 0 Å². The molecule has 0 heterocycles. The van der Waals surface area contributed by atoms with Crippen molar-refractivity contribution in [2.75, 3.05) is 33.3 Å². The second-order valence-corrected chi connectivity index (χ2v) is 4.54. The van der Waals surface area contributed by atoms with Crippen LogP contribution in [0.5, 0.6) is 0 Å². The van der Waals surface area contributed by atoms with Crippen molar-refractivity contribution in [3.05, 3.63) is 0 Å². The number of rotatable bonds is 10. The topological polar surface area (TPSA) is 67.6 Å². The van der Waals surface area contributed by atoms with E-state index in [0.717, 1.165) is 32.5 Å². The summed E-state index contributed by atoms with van der Waals surface area (Å²) in [6.07, 6.45) is 1.53. The summed E-state index contributed by atoms with van der Waals surface area (Å²) in [6, 6.07) is 0.164. The van der Waals surface area contributed by atoms with Gasteiger partial charge in [0.15, 0.2) is 0 Å². The highest BCUT2D eigenvalue weighted by Crippen LogP contribution is 2.00. The van der Waals surface area contributed by atoms with Gasteiger partial charge in [0.1, 0.15) is 6.10 Å². The van der Waals surface area contributed by atoms with Gasteiger partial charge in [-0.2, -0.15) is 0 Å². The molecule has 0 fully saturated rings. The van der Waals surface area contributed by atoms with Gasteiger partial charge in [0.25, 0.3) is 5.91 Å². The minimum absolute atomic E-state index is 0.115. The van der Waals surface area contributed by atoms with Gasteiger partial charge in [0, 0.05) is 19.7 Å². The summed E-state index contributed by atoms with van der Waals surface area (Å²) < 4.78 is 4.99. The monoisotopic (exact) mass is 259 g/mol. The number of hydrogen-bond donors (Lipinski definition) is 2. The maximum absolute atomic E-state index is 11.7. The van der Waals surface area contributed by atoms with Crippen molar-refractivity contribution in [3.8, 4) is 0 Å². The third-order valence-electron chi connectivity index (χ3n) is 3.19. The Labute approximate surface area is 111 Å². The maximum Gasteiger partial charge on any atom is 0.250 e. The lowest BCUT2D eigenvalue weighted by Crippen LogP contribution is -2.44. The van der Waals surface area contributed by atoms with E-state index in [-0.39, 0.29) is 18.5 Å². The smallest absolute Gasteiger partial charge is 0.250 e. The molecule has 0 aromatic carbocycles. The molecule has 0 aliphatic carbocycles. The molecule has 0 aromatic rings. The first-order chi connectivity index (χ1) is 8.58. The highest BCUT2D eigenvalue weighted by Gasteiger charge is 2.17. The van der Waals surface area contributed by atoms with Gasteiger partial charge in [-0.3, -0.25) is 4.79 Å². The summed E-state index contributed by atoms with van der Waals surface area (Å²) in [5, 5.41) is 2.93. The van der Waals surface area contributed by atoms with Crippen LogP contribution in [0, 0.1) is 0 Å². The molecule has 0 saturated carbocycles. The number of amides is 1. The summed E-state index contributed by atoms with van der Waals surface area (Å²) in [7, 11) is 1.50. The van der Waals surface area contributed by atoms with E-state index in [9.17, 15) is 4.79 Å². The number of nitrogens with two attached hydrogens (primary N) is 1. The number of nitrogens with zero attached hydrogens (tertiary/aromatic N) is 1. The SMILES string of the molecule is CCN(CC)CCCC(C)NC(=O)C(CN)OC. The predicted octanol–water partition coefficient (Wildman–Crippen LogP) is 0.587. The molecule has 2 atom stereocenters. The number of carbonyl (C=O) groups excluding carboxylic acids is 1. The molecular formula is C13H29N3O2. The summed E-state index contributed by atoms with van der Waals surface area (Å²) in [5.74, 6) is -0.115. The van der Waals surface area contributed by atoms with E-state index in [0.29, 0.717) is 0 Å². The van der Waals surface area contributed by atoms with Crippen molar-refractivity contribution in [1.82, 2.24) is 10.2 Å². The Balaban J connectivity index is 3.83. The standard InChI is InChI=1S/C13H29N3O2/c1-5-16(6-2)9-7-8-11(3)15-13(17)12(10-14)18-4/h11-12H,5-10,14H2,1-4H3,(H,15,17). The first-order valence-corrected chi connectivity index (χ1v) is 6.84. The lowest BCUT2D eigenvalue weighted by Gasteiger charge is -2.21. The highest BCUT2D eigenvalue weighted by atomic mass is 16.5. The first kappa shape index (κ1) is 17.4. The van der Waals surface area contributed by atoms with Gasteiger partial charge in [-0.25, -0.2) is 0 Å². The van der Waals surface area contributed by atoms with Gasteiger partial charge in [-0.05, 0) is 39.4 Å². The van der Waals surface area contributed by atoms with Crippen molar-refractivity contribution in [3.63, 3.8) is 0 Å². The van der Waals surface area contributed by atoms with Crippen LogP contribution in [0.3, 0.4) is 0 Å². The Morgan fingerprint density at radius 2 is 2.00 bits per heavy atom. The van der Waals surface area contributed by atoms with E-state index in [1.54, 1.807) is 0 Å². The molecule has 108 valence electrons. The second-order valence-electron chi connectivity index (χ2n) is 4.54. The van der Waals surface area contributed by atoms with Crippen molar-refractivity contribution in [2.45, 2.75) is 45.8 Å². The largest absolute Gasteiger partial charge is 0.370 e. The zero-order valence-electron chi connectivity index (χ0n) is 12.2. The third kappa shape index (κ3) is 6.93. The summed E-state index contributed by atoms with van der Waals surface area (Å²) in [4.78, 5) is 14.1. The molecule has 0 saturated heterocycles. The van der Waals surface area contributed by atoms with Crippen LogP contribution in [0.25, 0.3) is 0 Å². The van der Waals surface area contributed by atoms with E-state index in [1.165, 1.54) is 7.11 Å². The minimum atomic E-state index is -0.532. The fourth-order valence-corrected chi connectivity index (χ4v) is 1.88. The van der Waals surface area contributed by atoms with Gasteiger partial charge in [0.2, 0.25) is 0 Å². The normalized spacial score (nSPS) is 14.6. The van der Waals surface area contributed by atoms with Crippen LogP contribution in [0.1, 0.15) is 33.6 Å². The Hall–Kier alpha value is -0.650. The molecule has 0 rings (SSSR count). The van der Waals surface area contributed by atoms with Gasteiger partial charge in [-0.1, -0.05) is 13.8 Å². The molecule has 5 heteroatoms. The first-order valence-electron chi connectivity index (χ1n) is 6.84. The van der Waals surface area contributed by atoms with E-state index in [1.807, 2.05) is 6.92 Å². The second kappa shape index (κ2) is 10.3. The average Bonchev–Trinajstić information content (AvgIpc) is 2.36. The lowest BCUT2D eigenvalue weighted by atomic mass is 10.1. The highest BCUT2D eigenvalue weighted by molar-refractivity contribution is 5.81. The molecular weight excluding hydrogens is 230 g/mol. The summed E-state index contributed by atoms with van der Waals surface area (Å²) in [6.45, 7) is 9.81. The quantitative estimate of drug-likeness (QED) is 0.602. The molecule has 0 radical (unpaired) electrons. The third-order valence-corrected chi connectivity index (χ3v) is 3.19. The minimum Gasteiger partial charge on any atom is -0.370 e. The zero-order chi connectivity index (χ0) is 14.0. The van der Waals surface area contributed by atoms with Crippen LogP contribution in [-0.4, -0.2) is 56.2 Å². The Kier molecular flexibility index (Phi) is 9.92. The van der Waals surface area contributed by atoms with E-state index in [2.05, 4.69) is 24.1 Å². The summed E-state index contributed by atoms with van der Waals surface area (Å²) >= 11 is 0. The van der Waals surface area contributed by atoms with Crippen molar-refractivity contribution < 1.29 is 9.53 Å². The van der Waals surface area contributed by atoms with Crippen LogP contribution in [-0.2, 0) is 9.53 Å². The van der Waals surface area contributed by atoms with Gasteiger partial charge in [0.05, 0.1) is 0 Å². The molecule has 18 heavy (non-hydrogen) atoms. The van der Waals surface area contributed by atoms with Crippen LogP contribution >= 0.6 is 0 Å². The fraction of sp³-hybridized carbons (Fsp3) is 0.923. The van der Waals surface area contributed by atoms with Crippen LogP contribution in [0.4, 0.5) is 0 Å². The zero-order valence-corrected chi connectivity index (χ0v) is 12.2. The molecule has 0 aromatic heterocycles. The molecule has 0 bridgehead atoms. The molecule has 0 spiro atoms. The Morgan fingerprint density at radius 3 is 2.44 bits per heavy atom. The molecule has 3 N–H and O–H groups in total. The molecule has 2 unspecified atom stereocenters. The van der Waals surface area contributed by atoms with Crippen molar-refractivity contribution >= 4 is 5.91 Å². The Bertz CT molecular complexity index is 216. The predicted molar refractivity (Wildman–Crippen MR) is 74.5 cm³/mol. The lowest BCUT2D eigenvalue weighted by molar-refractivity contribution is -0.131. The van der Waals surface area contributed by atoms with Crippen molar-refractivity contribution in [1.29, 1.82) is 0 Å². The maximum atomic E-state index is 11.7. The van der Waals surface area contributed by atoms with Crippen LogP contribution in [0.2, 0.25) is 0 Å². The van der Waals surface area contributed by atoms with E-state index in [4.69, 9.17) is 10.5 Å². The molecule has 1 amide bonds. The molecule has 0 aliphatic rings. The number of methoxy groups -OCH3 is 1. The number of ether oxygens (including phenoxy) is 1. The van der Waals surface area contributed by atoms with Gasteiger partial charge in [-0.15, -0.1) is 0 Å². The van der Waals surface area contributed by atoms with E-state index >= 15 is 0 Å². The fourth-order valence-electron chi connectivity index (χ4n) is 1.88. The molecule has 5 nitrogen and oxygen atoms in total. The van der Waals surface area contributed by atoms with Gasteiger partial charge < -0.3 is 20.7 Å². The van der Waals surface area contributed by atoms with E-state index < -0.39 is 6.10 Å². The average molecular weight is 259 g/mol. The molecule has 0 aliphatic heterocycles. The van der Waals surface area contributed by atoms with Gasteiger partial charge >= 0.3 is 0 Å². The number of hydrogen-bond acceptors (Lipinski definition) is 4. The van der Waals surface area contributed by atoms with Crippen molar-refractivity contribution in [2.24, 2.45) is 5.73 Å². The number of carbonyl (C=O) groups is 1. The van der Waals surface area contributed by atoms with Crippen LogP contribution < -0.4 is 11.1 Å². The number of nitrogens with one attached hydrogen (secondary N) is 1.